The van der Waals surface area contributed by atoms with E-state index in [0.29, 0.717) is 40.0 Å². The van der Waals surface area contributed by atoms with Gasteiger partial charge in [-0.3, -0.25) is 0 Å². The minimum absolute atomic E-state index is 0.498. The molecule has 0 amide bonds. The molecule has 0 fully saturated rings. The summed E-state index contributed by atoms with van der Waals surface area (Å²) < 4.78 is 20.3. The molecule has 28 rings (SSSR count). The largest absolute Gasteiger partial charge is 0.456 e. The quantitative estimate of drug-likeness (QED) is 0.141. The molecule has 7 heterocycles. The Balaban J connectivity index is 0.000000117. The number of hydrogen-bond acceptors (Lipinski definition) is 10. The summed E-state index contributed by atoms with van der Waals surface area (Å²) in [6.45, 7) is 0. The average Bonchev–Trinajstić information content (AvgIpc) is 1.56. The minimum Gasteiger partial charge on any atom is -0.456 e. The molecule has 612 valence electrons. The van der Waals surface area contributed by atoms with Gasteiger partial charge in [0.05, 0.1) is 27.3 Å². The van der Waals surface area contributed by atoms with E-state index < -0.39 is 0 Å². The van der Waals surface area contributed by atoms with Crippen molar-refractivity contribution < 1.29 is 8.83 Å². The van der Waals surface area contributed by atoms with Crippen LogP contribution in [0.25, 0.3) is 257 Å². The summed E-state index contributed by atoms with van der Waals surface area (Å²) >= 11 is 10.6. The molecule has 20 aromatic carbocycles. The summed E-state index contributed by atoms with van der Waals surface area (Å²) in [5.74, 6) is 3.40. The van der Waals surface area contributed by atoms with Crippen molar-refractivity contribution in [3.05, 3.63) is 429 Å². The lowest BCUT2D eigenvalue weighted by molar-refractivity contribution is 0.668. The lowest BCUT2D eigenvalue weighted by Crippen LogP contribution is -2.04. The van der Waals surface area contributed by atoms with Gasteiger partial charge in [0.2, 0.25) is 0 Å². The van der Waals surface area contributed by atoms with Crippen molar-refractivity contribution in [1.29, 1.82) is 0 Å². The maximum atomic E-state index is 6.99. The monoisotopic (exact) mass is 1730 g/mol. The first-order valence-corrected chi connectivity index (χ1v) is 45.9. The summed E-state index contributed by atoms with van der Waals surface area (Å²) in [5, 5.41) is 21.6. The van der Waals surface area contributed by atoms with E-state index in [4.69, 9.17) is 50.3 Å². The van der Waals surface area contributed by atoms with Crippen LogP contribution in [0.4, 0.5) is 0 Å². The van der Waals surface area contributed by atoms with Crippen molar-refractivity contribution in [3.8, 4) is 107 Å². The van der Waals surface area contributed by atoms with Crippen molar-refractivity contribution in [2.45, 2.75) is 6.42 Å². The Morgan fingerprint density at radius 2 is 0.664 bits per heavy atom. The van der Waals surface area contributed by atoms with Gasteiger partial charge in [-0.15, -0.1) is 22.7 Å². The van der Waals surface area contributed by atoms with E-state index in [9.17, 15) is 0 Å². The van der Waals surface area contributed by atoms with Crippen molar-refractivity contribution in [2.24, 2.45) is 0 Å². The maximum absolute atomic E-state index is 6.99. The molecule has 0 spiro atoms. The summed E-state index contributed by atoms with van der Waals surface area (Å²) in [6, 6.07) is 145. The molecule has 0 unspecified atom stereocenters. The molecule has 0 radical (unpaired) electrons. The Labute approximate surface area is 763 Å². The topological polar surface area (TPSA) is 109 Å². The second-order valence-corrected chi connectivity index (χ2v) is 36.1. The molecule has 131 heavy (non-hydrogen) atoms. The number of benzene rings is 20. The molecule has 0 saturated heterocycles. The van der Waals surface area contributed by atoms with Crippen LogP contribution < -0.4 is 0 Å². The second kappa shape index (κ2) is 31.0. The molecule has 7 aromatic heterocycles. The Hall–Kier alpha value is -16.4. The number of para-hydroxylation sites is 2. The van der Waals surface area contributed by atoms with Crippen LogP contribution in [0.15, 0.2) is 421 Å². The fourth-order valence-corrected chi connectivity index (χ4v) is 22.2. The van der Waals surface area contributed by atoms with E-state index in [2.05, 4.69) is 332 Å². The first-order valence-electron chi connectivity index (χ1n) is 43.9. The number of halogens is 1. The van der Waals surface area contributed by atoms with Crippen LogP contribution in [0.5, 0.6) is 0 Å². The van der Waals surface area contributed by atoms with E-state index in [1.54, 1.807) is 22.7 Å². The zero-order valence-electron chi connectivity index (χ0n) is 70.1. The third-order valence-electron chi connectivity index (χ3n) is 25.9. The average molecular weight is 1730 g/mol. The van der Waals surface area contributed by atoms with Crippen LogP contribution in [0.2, 0.25) is 5.02 Å². The molecule has 0 bridgehead atoms. The van der Waals surface area contributed by atoms with Gasteiger partial charge >= 0.3 is 0 Å². The standard InChI is InChI=1S/C59H34N4OS.C39H22ClN3OS.C21H14/c1-2-13-35(14-3-1)37-18-12-19-40(31-37)57-60-58(41-26-30-53-47(33-41)43-21-9-11-24-52(43)65-53)62-59(61-57)55-48(28-29-51-54(55)45-22-8-10-23-50(45)64-51)63-49-34-39-17-5-4-16-38(39)32-46(49)44-27-25-36-15-6-7-20-42(36)56(44)63;40-30-18-19-32-35(28-14-4-6-15-31(28)44-32)36(30)39-42-37(25-12-8-11-24(21-25)23-9-2-1-3-10-23)41-38(43-39)26-17-20-34-29(22-26)27-13-5-7-16-33(27)45-34;1-2-7-16-12-20-17(11-15(16)6-1)13-21-18-8-4-3-5-14(18)9-10-19(20)21/h1-34H;1-22H;1-12H,13H2. The normalized spacial score (nSPS) is 12.0. The molecule has 0 aliphatic heterocycles. The number of hydrogen-bond donors (Lipinski definition) is 0. The SMILES string of the molecule is Clc1ccc2oc3ccccc3c2c1-c1nc(-c2cccc(-c3ccccc3)c2)nc(-c2ccc3sc4ccccc4c3c2)n1.c1ccc(-c2cccc(-c3nc(-c4ccc5sc6ccccc6c5c4)nc(-c4c(-n5c6cc7ccccc7cc6c6ccc7ccccc7c65)ccc5oc6ccccc6c45)n3)c2)cc1.c1ccc2cc3c(cc2c1)Cc1c-3ccc2ccccc12. The van der Waals surface area contributed by atoms with Crippen molar-refractivity contribution in [2.75, 3.05) is 0 Å². The number of nitrogens with zero attached hydrogens (tertiary/aromatic N) is 7. The zero-order valence-corrected chi connectivity index (χ0v) is 72.5. The van der Waals surface area contributed by atoms with Gasteiger partial charge < -0.3 is 13.4 Å². The third-order valence-corrected chi connectivity index (χ3v) is 28.5. The van der Waals surface area contributed by atoms with E-state index in [1.807, 2.05) is 84.9 Å². The van der Waals surface area contributed by atoms with Crippen LogP contribution in [-0.4, -0.2) is 34.5 Å². The van der Waals surface area contributed by atoms with Crippen LogP contribution in [0.3, 0.4) is 0 Å². The van der Waals surface area contributed by atoms with Gasteiger partial charge in [0.1, 0.15) is 22.3 Å². The predicted octanol–water partition coefficient (Wildman–Crippen LogP) is 33.2. The Kier molecular flexibility index (Phi) is 17.9. The van der Waals surface area contributed by atoms with Crippen LogP contribution in [0, 0.1) is 0 Å². The number of thiophene rings is 2. The number of fused-ring (bicyclic) bond motifs is 24. The fourth-order valence-electron chi connectivity index (χ4n) is 19.8. The van der Waals surface area contributed by atoms with Crippen molar-refractivity contribution in [1.82, 2.24) is 34.5 Å². The lowest BCUT2D eigenvalue weighted by Gasteiger charge is -2.17. The van der Waals surface area contributed by atoms with Gasteiger partial charge in [-0.25, -0.2) is 29.9 Å². The predicted molar refractivity (Wildman–Crippen MR) is 548 cm³/mol. The van der Waals surface area contributed by atoms with Gasteiger partial charge in [-0.05, 0) is 204 Å². The van der Waals surface area contributed by atoms with Gasteiger partial charge in [-0.1, -0.05) is 309 Å². The molecule has 0 saturated carbocycles. The molecule has 1 aliphatic rings. The second-order valence-electron chi connectivity index (χ2n) is 33.5. The first kappa shape index (κ1) is 75.9. The number of furan rings is 2. The Morgan fingerprint density at radius 3 is 1.24 bits per heavy atom. The highest BCUT2D eigenvalue weighted by molar-refractivity contribution is 7.26. The number of rotatable bonds is 9. The highest BCUT2D eigenvalue weighted by atomic mass is 35.5. The van der Waals surface area contributed by atoms with Crippen molar-refractivity contribution >= 4 is 183 Å². The minimum atomic E-state index is 0.498. The van der Waals surface area contributed by atoms with Gasteiger partial charge in [-0.2, -0.15) is 0 Å². The van der Waals surface area contributed by atoms with E-state index in [0.717, 1.165) is 123 Å². The lowest BCUT2D eigenvalue weighted by atomic mass is 9.98. The maximum Gasteiger partial charge on any atom is 0.166 e. The molecule has 0 N–H and O–H groups in total. The van der Waals surface area contributed by atoms with Gasteiger partial charge in [0.15, 0.2) is 34.9 Å². The molecule has 27 aromatic rings. The third kappa shape index (κ3) is 13.0. The summed E-state index contributed by atoms with van der Waals surface area (Å²) in [7, 11) is 0. The van der Waals surface area contributed by atoms with Crippen LogP contribution in [-0.2, 0) is 6.42 Å². The van der Waals surface area contributed by atoms with Crippen LogP contribution >= 0.6 is 34.3 Å². The highest BCUT2D eigenvalue weighted by Crippen LogP contribution is 2.49. The van der Waals surface area contributed by atoms with E-state index in [-0.39, 0.29) is 0 Å². The fraction of sp³-hybridized carbons (Fsp3) is 0.00840. The summed E-state index contributed by atoms with van der Waals surface area (Å²) in [5.41, 5.74) is 21.7. The number of aromatic nitrogens is 7. The van der Waals surface area contributed by atoms with E-state index in [1.165, 1.54) is 116 Å². The molecular formula is C119H70ClN7O2S2. The highest BCUT2D eigenvalue weighted by Gasteiger charge is 2.29. The smallest absolute Gasteiger partial charge is 0.166 e. The molecule has 12 heteroatoms. The molecule has 0 atom stereocenters. The summed E-state index contributed by atoms with van der Waals surface area (Å²) in [4.78, 5) is 31.7. The van der Waals surface area contributed by atoms with Crippen LogP contribution in [0.1, 0.15) is 11.1 Å². The molecular weight excluding hydrogens is 1660 g/mol. The Bertz CT molecular complexity index is 9400. The Morgan fingerprint density at radius 1 is 0.244 bits per heavy atom. The van der Waals surface area contributed by atoms with Gasteiger partial charge in [0.25, 0.3) is 0 Å². The van der Waals surface area contributed by atoms with E-state index >= 15 is 0 Å². The summed E-state index contributed by atoms with van der Waals surface area (Å²) in [6.07, 6.45) is 1.05. The first-order chi connectivity index (χ1) is 64.8. The molecule has 1 aliphatic carbocycles. The molecule has 9 nitrogen and oxygen atoms in total. The van der Waals surface area contributed by atoms with Gasteiger partial charge in [0, 0.05) is 106 Å². The van der Waals surface area contributed by atoms with Crippen molar-refractivity contribution in [3.63, 3.8) is 0 Å². The zero-order chi connectivity index (χ0) is 86.3.